The Hall–Kier alpha value is -1.16. The van der Waals surface area contributed by atoms with Crippen LogP contribution in [0.5, 0.6) is 0 Å². The summed E-state index contributed by atoms with van der Waals surface area (Å²) in [6.07, 6.45) is 12.2. The molecule has 0 saturated heterocycles. The monoisotopic (exact) mass is 470 g/mol. The van der Waals surface area contributed by atoms with Gasteiger partial charge in [0.2, 0.25) is 0 Å². The highest BCUT2D eigenvalue weighted by Gasteiger charge is 2.71. The molecule has 5 aliphatic carbocycles. The van der Waals surface area contributed by atoms with E-state index >= 15 is 0 Å². The zero-order valence-corrected chi connectivity index (χ0v) is 22.2. The fraction of sp³-hybridized carbons (Fsp3) is 0.867. The molecule has 0 aliphatic heterocycles. The van der Waals surface area contributed by atoms with E-state index in [1.165, 1.54) is 0 Å². The normalized spacial score (nSPS) is 53.9. The van der Waals surface area contributed by atoms with Gasteiger partial charge in [-0.15, -0.1) is 0 Å². The van der Waals surface area contributed by atoms with Crippen LogP contribution in [0.4, 0.5) is 0 Å². The van der Waals surface area contributed by atoms with E-state index in [1.54, 1.807) is 0 Å². The molecule has 4 saturated carbocycles. The van der Waals surface area contributed by atoms with Gasteiger partial charge in [0.1, 0.15) is 6.29 Å². The predicted octanol–water partition coefficient (Wildman–Crippen LogP) is 6.41. The molecule has 0 aromatic rings. The average molecular weight is 471 g/mol. The van der Waals surface area contributed by atoms with Crippen LogP contribution in [0, 0.1) is 50.2 Å². The van der Waals surface area contributed by atoms with Gasteiger partial charge in [-0.25, -0.2) is 0 Å². The van der Waals surface area contributed by atoms with Crippen molar-refractivity contribution in [1.82, 2.24) is 0 Å². The smallest absolute Gasteiger partial charge is 0.314 e. The standard InChI is InChI=1S/C30H46O4/c1-25(2)21-9-12-29(6)22(28(21,5)11-10-23(25)32)8-7-19-20-17-26(3,18-31)13-14-27(20,4)15-16-30(19,29)24(33)34/h7,18,20-23,32H,8-17H2,1-6H3,(H,33,34)/t20-,21-,22+,23+,26+,27+,28-,29+,30+/m0/s1. The third kappa shape index (κ3) is 2.81. The van der Waals surface area contributed by atoms with Crippen LogP contribution >= 0.6 is 0 Å². The van der Waals surface area contributed by atoms with E-state index in [0.29, 0.717) is 11.8 Å². The minimum absolute atomic E-state index is 0.0326. The van der Waals surface area contributed by atoms with Gasteiger partial charge in [0.15, 0.2) is 0 Å². The molecular formula is C30H46O4. The lowest BCUT2D eigenvalue weighted by Crippen LogP contribution is -2.66. The summed E-state index contributed by atoms with van der Waals surface area (Å²) in [6.45, 7) is 13.6. The number of hydrogen-bond acceptors (Lipinski definition) is 3. The van der Waals surface area contributed by atoms with Gasteiger partial charge in [-0.2, -0.15) is 0 Å². The third-order valence-electron chi connectivity index (χ3n) is 12.9. The van der Waals surface area contributed by atoms with Crippen LogP contribution in [0.1, 0.15) is 106 Å². The lowest BCUT2D eigenvalue weighted by Gasteiger charge is -2.70. The first-order valence-corrected chi connectivity index (χ1v) is 13.8. The first kappa shape index (κ1) is 24.5. The van der Waals surface area contributed by atoms with Crippen molar-refractivity contribution in [3.05, 3.63) is 11.6 Å². The Morgan fingerprint density at radius 2 is 1.62 bits per heavy atom. The highest BCUT2D eigenvalue weighted by atomic mass is 16.4. The van der Waals surface area contributed by atoms with Gasteiger partial charge >= 0.3 is 5.97 Å². The number of carbonyl (C=O) groups is 2. The number of aliphatic carboxylic acids is 1. The van der Waals surface area contributed by atoms with E-state index in [2.05, 4.69) is 47.6 Å². The highest BCUT2D eigenvalue weighted by molar-refractivity contribution is 5.81. The number of rotatable bonds is 2. The number of hydrogen-bond donors (Lipinski definition) is 2. The zero-order valence-electron chi connectivity index (χ0n) is 22.2. The molecular weight excluding hydrogens is 424 g/mol. The molecule has 4 heteroatoms. The number of carboxylic acid groups (broad SMARTS) is 1. The third-order valence-corrected chi connectivity index (χ3v) is 12.9. The molecule has 0 heterocycles. The van der Waals surface area contributed by atoms with Crippen LogP contribution in [0.3, 0.4) is 0 Å². The lowest BCUT2D eigenvalue weighted by atomic mass is 9.33. The molecule has 0 radical (unpaired) electrons. The topological polar surface area (TPSA) is 74.6 Å². The fourth-order valence-corrected chi connectivity index (χ4v) is 10.6. The van der Waals surface area contributed by atoms with Crippen molar-refractivity contribution in [3.8, 4) is 0 Å². The number of aliphatic hydroxyl groups is 1. The second kappa shape index (κ2) is 7.20. The summed E-state index contributed by atoms with van der Waals surface area (Å²) >= 11 is 0. The molecule has 4 fully saturated rings. The number of carboxylic acids is 1. The Labute approximate surface area is 206 Å². The van der Waals surface area contributed by atoms with Crippen molar-refractivity contribution in [1.29, 1.82) is 0 Å². The fourth-order valence-electron chi connectivity index (χ4n) is 10.6. The Balaban J connectivity index is 1.64. The molecule has 34 heavy (non-hydrogen) atoms. The van der Waals surface area contributed by atoms with E-state index in [-0.39, 0.29) is 39.1 Å². The Kier molecular flexibility index (Phi) is 5.20. The van der Waals surface area contributed by atoms with E-state index < -0.39 is 11.4 Å². The number of aldehydes is 1. The van der Waals surface area contributed by atoms with Crippen LogP contribution < -0.4 is 0 Å². The van der Waals surface area contributed by atoms with Crippen molar-refractivity contribution in [3.63, 3.8) is 0 Å². The quantitative estimate of drug-likeness (QED) is 0.361. The first-order valence-electron chi connectivity index (χ1n) is 13.8. The number of fused-ring (bicyclic) bond motifs is 7. The average Bonchev–Trinajstić information content (AvgIpc) is 2.77. The van der Waals surface area contributed by atoms with Crippen molar-refractivity contribution in [2.24, 2.45) is 50.2 Å². The molecule has 0 spiro atoms. The summed E-state index contributed by atoms with van der Waals surface area (Å²) in [6, 6.07) is 0. The Morgan fingerprint density at radius 3 is 2.26 bits per heavy atom. The van der Waals surface area contributed by atoms with Crippen LogP contribution in [0.25, 0.3) is 0 Å². The molecule has 9 atom stereocenters. The summed E-state index contributed by atoms with van der Waals surface area (Å²) in [5.74, 6) is 0.248. The molecule has 4 nitrogen and oxygen atoms in total. The van der Waals surface area contributed by atoms with E-state index in [1.807, 2.05) is 0 Å². The van der Waals surface area contributed by atoms with E-state index in [9.17, 15) is 19.8 Å². The van der Waals surface area contributed by atoms with Gasteiger partial charge in [0, 0.05) is 5.41 Å². The minimum atomic E-state index is -0.838. The molecule has 0 aromatic heterocycles. The van der Waals surface area contributed by atoms with Crippen LogP contribution in [0.2, 0.25) is 0 Å². The van der Waals surface area contributed by atoms with Gasteiger partial charge in [-0.3, -0.25) is 4.79 Å². The molecule has 0 aromatic carbocycles. The summed E-state index contributed by atoms with van der Waals surface area (Å²) in [5, 5.41) is 21.9. The molecule has 0 amide bonds. The second-order valence-corrected chi connectivity index (χ2v) is 14.7. The van der Waals surface area contributed by atoms with Gasteiger partial charge in [-0.1, -0.05) is 53.2 Å². The number of carbonyl (C=O) groups excluding carboxylic acids is 1. The van der Waals surface area contributed by atoms with Gasteiger partial charge < -0.3 is 15.0 Å². The molecule has 5 rings (SSSR count). The van der Waals surface area contributed by atoms with E-state index in [4.69, 9.17) is 0 Å². The molecule has 2 N–H and O–H groups in total. The summed E-state index contributed by atoms with van der Waals surface area (Å²) < 4.78 is 0. The Bertz CT molecular complexity index is 936. The second-order valence-electron chi connectivity index (χ2n) is 14.7. The number of aliphatic hydroxyl groups excluding tert-OH is 1. The van der Waals surface area contributed by atoms with Gasteiger partial charge in [0.25, 0.3) is 0 Å². The molecule has 5 aliphatic rings. The van der Waals surface area contributed by atoms with Crippen LogP contribution in [-0.2, 0) is 9.59 Å². The molecule has 0 unspecified atom stereocenters. The SMILES string of the molecule is CC1(C)[C@H](O)CC[C@]2(C)[C@H]3CC=C4[C@@H]5C[C@](C)(C=O)CC[C@]5(C)CC[C@@]4(C(=O)O)[C@]3(C)CC[C@@H]12. The van der Waals surface area contributed by atoms with Gasteiger partial charge in [-0.05, 0) is 104 Å². The molecule has 190 valence electrons. The highest BCUT2D eigenvalue weighted by Crippen LogP contribution is 2.75. The number of allylic oxidation sites excluding steroid dienone is 1. The summed E-state index contributed by atoms with van der Waals surface area (Å²) in [4.78, 5) is 25.5. The maximum absolute atomic E-state index is 13.5. The van der Waals surface area contributed by atoms with Crippen LogP contribution in [0.15, 0.2) is 11.6 Å². The molecule has 0 bridgehead atoms. The van der Waals surface area contributed by atoms with Crippen LogP contribution in [-0.4, -0.2) is 28.6 Å². The first-order chi connectivity index (χ1) is 15.7. The predicted molar refractivity (Wildman–Crippen MR) is 133 cm³/mol. The van der Waals surface area contributed by atoms with Gasteiger partial charge in [0.05, 0.1) is 11.5 Å². The van der Waals surface area contributed by atoms with Crippen molar-refractivity contribution in [2.75, 3.05) is 0 Å². The summed E-state index contributed by atoms with van der Waals surface area (Å²) in [7, 11) is 0. The van der Waals surface area contributed by atoms with Crippen molar-refractivity contribution >= 4 is 12.3 Å². The minimum Gasteiger partial charge on any atom is -0.481 e. The summed E-state index contributed by atoms with van der Waals surface area (Å²) in [5.41, 5.74) is -0.345. The maximum atomic E-state index is 13.5. The van der Waals surface area contributed by atoms with Crippen molar-refractivity contribution < 1.29 is 19.8 Å². The zero-order chi connectivity index (χ0) is 24.9. The maximum Gasteiger partial charge on any atom is 0.314 e. The van der Waals surface area contributed by atoms with Crippen molar-refractivity contribution in [2.45, 2.75) is 112 Å². The lowest BCUT2D eigenvalue weighted by molar-refractivity contribution is -0.213. The Morgan fingerprint density at radius 1 is 0.941 bits per heavy atom. The van der Waals surface area contributed by atoms with E-state index in [0.717, 1.165) is 76.1 Å². The largest absolute Gasteiger partial charge is 0.481 e.